The van der Waals surface area contributed by atoms with Crippen LogP contribution in [0.1, 0.15) is 154 Å². The summed E-state index contributed by atoms with van der Waals surface area (Å²) in [6, 6.07) is 43.1. The number of aromatic carboxylic acids is 1. The number of benzene rings is 5. The SMILES string of the molecule is CCCOc1sc(C(=O)N2CCC3(CC2)CN(S(=O)(=O)O)c2ccc(CN)cc23)c(C)c1Br.CS(=O)(=O)CS(=O)(=O)N1CC2(CCN(C(=O)c3ccc(C#Cc4ccccc4)o3)CC2)c2cc(CN)ccc21.NCc1ccc2c(c1)C1(CCN(C(=O)c3ccc(C#Cc4ccccc4)o3)CC1)CN2S(=O)(=O)c1csc(C(=O)O)c1. The van der Waals surface area contributed by atoms with Gasteiger partial charge in [-0.1, -0.05) is 103 Å². The number of sulfonamides is 2. The standard InChI is InChI=1S/C31H27N3O6S2.C28H29N3O6S2.C22H28BrN3O5S2/c32-18-22-7-10-26-25(16-22)31(20-34(26)42(38,39)24-17-28(30(36)37)41-19-24)12-14-33(15-13-31)29(35)27-11-9-23(40-27)8-6-21-4-2-1-3-5-21;1-38(33,34)20-39(35,36)31-19-28(24-17-22(18-29)8-11-25(24)31)13-15-30(16-14-28)27(32)26-12-10-23(37-26)9-7-21-5-3-2-4-6-21;1-3-10-31-21-18(23)14(2)19(32-21)20(27)25-8-6-22(7-9-25)13-26(33(28,29)30)17-5-4-15(12-24)11-16(17)22/h1-5,7,9-11,16-17,19H,12-15,18,20,32H2,(H,36,37);2-6,8,10-12,17H,13-16,18-20,29H2,1H3;4-5,11H,3,6-10,12-13,24H2,1-2H3,(H,28,29,30). The van der Waals surface area contributed by atoms with Crippen LogP contribution in [0.5, 0.6) is 5.06 Å². The van der Waals surface area contributed by atoms with Crippen molar-refractivity contribution >= 4 is 120 Å². The maximum absolute atomic E-state index is 13.7. The van der Waals surface area contributed by atoms with Gasteiger partial charge in [0.2, 0.25) is 10.0 Å². The molecule has 0 aliphatic carbocycles. The van der Waals surface area contributed by atoms with Crippen LogP contribution >= 0.6 is 38.6 Å². The fraction of sp³-hybridized carbons (Fsp3) is 0.333. The number of carboxylic acid groups (broad SMARTS) is 1. The van der Waals surface area contributed by atoms with Gasteiger partial charge in [-0.2, -0.15) is 8.42 Å². The first-order valence-electron chi connectivity index (χ1n) is 36.7. The molecule has 4 aromatic heterocycles. The van der Waals surface area contributed by atoms with Gasteiger partial charge in [-0.15, -0.1) is 11.3 Å². The van der Waals surface area contributed by atoms with Crippen molar-refractivity contribution < 1.29 is 76.1 Å². The highest BCUT2D eigenvalue weighted by molar-refractivity contribution is 9.10. The highest BCUT2D eigenvalue weighted by atomic mass is 79.9. The number of likely N-dealkylation sites (tertiary alicyclic amines) is 3. The summed E-state index contributed by atoms with van der Waals surface area (Å²) in [6.07, 6.45) is 5.07. The van der Waals surface area contributed by atoms with E-state index in [1.54, 1.807) is 64.4 Å². The van der Waals surface area contributed by atoms with Crippen LogP contribution < -0.4 is 34.9 Å². The lowest BCUT2D eigenvalue weighted by Crippen LogP contribution is -2.48. The number of carboxylic acids is 1. The molecule has 5 aromatic carbocycles. The van der Waals surface area contributed by atoms with Gasteiger partial charge in [0, 0.05) is 118 Å². The van der Waals surface area contributed by atoms with Crippen molar-refractivity contribution in [3.8, 4) is 28.7 Å². The Kier molecular flexibility index (Phi) is 24.1. The Bertz CT molecular complexity index is 5800. The van der Waals surface area contributed by atoms with Crippen molar-refractivity contribution in [3.05, 3.63) is 238 Å². The molecular formula is C81H84BrN9O17S6. The second-order valence-corrected chi connectivity index (χ2v) is 39.3. The van der Waals surface area contributed by atoms with Crippen LogP contribution in [0.2, 0.25) is 0 Å². The van der Waals surface area contributed by atoms with Crippen LogP contribution in [0.3, 0.4) is 0 Å². The van der Waals surface area contributed by atoms with Gasteiger partial charge >= 0.3 is 16.3 Å². The molecular weight excluding hydrogens is 1640 g/mol. The van der Waals surface area contributed by atoms with E-state index < -0.39 is 67.5 Å². The number of sulfone groups is 1. The van der Waals surface area contributed by atoms with E-state index in [0.29, 0.717) is 136 Å². The molecule has 6 aliphatic rings. The van der Waals surface area contributed by atoms with Crippen molar-refractivity contribution in [2.24, 2.45) is 17.2 Å². The number of furan rings is 2. The average Bonchev–Trinajstić information content (AvgIpc) is 1.55. The van der Waals surface area contributed by atoms with Gasteiger partial charge < -0.3 is 50.6 Å². The van der Waals surface area contributed by atoms with E-state index in [1.807, 2.05) is 104 Å². The molecule has 0 atom stereocenters. The first kappa shape index (κ1) is 82.4. The molecule has 3 amide bonds. The maximum atomic E-state index is 13.7. The summed E-state index contributed by atoms with van der Waals surface area (Å²) in [5.74, 6) is 11.4. The van der Waals surface area contributed by atoms with Crippen LogP contribution in [0.25, 0.3) is 0 Å². The highest BCUT2D eigenvalue weighted by Gasteiger charge is 2.53. The third kappa shape index (κ3) is 17.2. The van der Waals surface area contributed by atoms with Gasteiger partial charge in [0.15, 0.2) is 43.0 Å². The van der Waals surface area contributed by atoms with E-state index in [0.717, 1.165) is 82.9 Å². The predicted molar refractivity (Wildman–Crippen MR) is 439 cm³/mol. The van der Waals surface area contributed by atoms with Gasteiger partial charge in [0.25, 0.3) is 27.7 Å². The zero-order valence-corrected chi connectivity index (χ0v) is 69.0. The fourth-order valence-corrected chi connectivity index (χ4v) is 24.3. The first-order chi connectivity index (χ1) is 54.3. The van der Waals surface area contributed by atoms with Gasteiger partial charge in [-0.05, 0) is 191 Å². The van der Waals surface area contributed by atoms with Crippen LogP contribution in [0.15, 0.2) is 169 Å². The van der Waals surface area contributed by atoms with E-state index in [2.05, 4.69) is 39.6 Å². The Morgan fingerprint density at radius 2 is 0.965 bits per heavy atom. The quantitative estimate of drug-likeness (QED) is 0.0443. The summed E-state index contributed by atoms with van der Waals surface area (Å²) < 4.78 is 133. The Hall–Kier alpha value is -9.62. The molecule has 26 nitrogen and oxygen atoms in total. The smallest absolute Gasteiger partial charge is 0.360 e. The van der Waals surface area contributed by atoms with E-state index in [-0.39, 0.29) is 65.2 Å². The number of halogens is 1. The Morgan fingerprint density at radius 3 is 1.37 bits per heavy atom. The average molecular weight is 1730 g/mol. The topological polar surface area (TPSA) is 378 Å². The van der Waals surface area contributed by atoms with E-state index in [1.165, 1.54) is 31.4 Å². The molecule has 3 spiro atoms. The van der Waals surface area contributed by atoms with Crippen molar-refractivity contribution in [2.75, 3.05) is 89.8 Å². The number of thiophene rings is 2. The van der Waals surface area contributed by atoms with Crippen LogP contribution in [0, 0.1) is 30.6 Å². The highest BCUT2D eigenvalue weighted by Crippen LogP contribution is 2.53. The normalized spacial score (nSPS) is 16.5. The number of carbonyl (C=O) groups excluding carboxylic acids is 3. The number of amides is 3. The third-order valence-corrected chi connectivity index (χ3v) is 31.6. The number of ether oxygens (including phenoxy) is 1. The number of rotatable bonds is 16. The molecule has 598 valence electrons. The minimum atomic E-state index is -4.40. The summed E-state index contributed by atoms with van der Waals surface area (Å²) in [6.45, 7) is 8.52. The lowest BCUT2D eigenvalue weighted by molar-refractivity contribution is 0.0636. The van der Waals surface area contributed by atoms with Crippen molar-refractivity contribution in [1.29, 1.82) is 0 Å². The summed E-state index contributed by atoms with van der Waals surface area (Å²) in [5, 5.41) is 10.4. The van der Waals surface area contributed by atoms with Gasteiger partial charge in [0.1, 0.15) is 4.88 Å². The zero-order chi connectivity index (χ0) is 81.3. The van der Waals surface area contributed by atoms with Crippen molar-refractivity contribution in [1.82, 2.24) is 14.7 Å². The van der Waals surface area contributed by atoms with Crippen molar-refractivity contribution in [2.45, 2.75) is 99.6 Å². The Balaban J connectivity index is 0.000000150. The van der Waals surface area contributed by atoms with Gasteiger partial charge in [0.05, 0.1) is 37.9 Å². The van der Waals surface area contributed by atoms with Crippen LogP contribution in [-0.4, -0.2) is 159 Å². The molecule has 33 heteroatoms. The number of piperidine rings is 3. The molecule has 9 aromatic rings. The van der Waals surface area contributed by atoms with Crippen molar-refractivity contribution in [3.63, 3.8) is 0 Å². The second kappa shape index (κ2) is 33.3. The van der Waals surface area contributed by atoms with Gasteiger partial charge in [-0.3, -0.25) is 27.5 Å². The second-order valence-electron chi connectivity index (χ2n) is 29.1. The number of hydrogen-bond acceptors (Lipinski definition) is 20. The van der Waals surface area contributed by atoms with E-state index >= 15 is 0 Å². The summed E-state index contributed by atoms with van der Waals surface area (Å²) in [7, 11) is -16.3. The largest absolute Gasteiger partial charge is 0.483 e. The third-order valence-electron chi connectivity index (χ3n) is 21.6. The number of fused-ring (bicyclic) bond motifs is 6. The summed E-state index contributed by atoms with van der Waals surface area (Å²) >= 11 is 5.78. The summed E-state index contributed by atoms with van der Waals surface area (Å²) in [4.78, 5) is 57.1. The molecule has 0 unspecified atom stereocenters. The Labute approximate surface area is 678 Å². The molecule has 3 saturated heterocycles. The monoisotopic (exact) mass is 1730 g/mol. The molecule has 15 rings (SSSR count). The van der Waals surface area contributed by atoms with Crippen LogP contribution in [-0.2, 0) is 76.1 Å². The van der Waals surface area contributed by atoms with Crippen LogP contribution in [0.4, 0.5) is 17.1 Å². The van der Waals surface area contributed by atoms with E-state index in [4.69, 9.17) is 30.8 Å². The first-order valence-corrected chi connectivity index (χ1v) is 45.7. The number of nitrogens with two attached hydrogens (primary N) is 3. The molecule has 0 radical (unpaired) electrons. The number of anilines is 3. The minimum absolute atomic E-state index is 0.0415. The number of nitrogens with zero attached hydrogens (tertiary/aromatic N) is 6. The minimum Gasteiger partial charge on any atom is -0.483 e. The molecule has 10 heterocycles. The lowest BCUT2D eigenvalue weighted by Gasteiger charge is -2.39. The number of carbonyl (C=O) groups is 4. The molecule has 0 saturated carbocycles. The Morgan fingerprint density at radius 1 is 0.553 bits per heavy atom. The summed E-state index contributed by atoms with van der Waals surface area (Å²) in [5.41, 5.74) is 25.4. The zero-order valence-electron chi connectivity index (χ0n) is 62.5. The molecule has 8 N–H and O–H groups in total. The molecule has 3 fully saturated rings. The number of hydrogen-bond donors (Lipinski definition) is 5. The molecule has 0 bridgehead atoms. The fourth-order valence-electron chi connectivity index (χ4n) is 15.5. The predicted octanol–water partition coefficient (Wildman–Crippen LogP) is 10.6. The molecule has 114 heavy (non-hydrogen) atoms. The lowest BCUT2D eigenvalue weighted by atomic mass is 9.74. The van der Waals surface area contributed by atoms with Gasteiger partial charge in [-0.25, -0.2) is 34.4 Å². The van der Waals surface area contributed by atoms with E-state index in [9.17, 15) is 62.5 Å². The molecule has 6 aliphatic heterocycles. The maximum Gasteiger partial charge on any atom is 0.360 e.